The molecular formula is C12H14F2O3. The number of carbonyl (C=O) groups excluding carboxylic acids is 1. The number of rotatable bonds is 5. The van der Waals surface area contributed by atoms with Crippen LogP contribution in [-0.2, 0) is 0 Å². The summed E-state index contributed by atoms with van der Waals surface area (Å²) in [4.78, 5) is 11.8. The summed E-state index contributed by atoms with van der Waals surface area (Å²) < 4.78 is 31.5. The van der Waals surface area contributed by atoms with Crippen LogP contribution in [0.4, 0.5) is 8.78 Å². The molecule has 0 aliphatic heterocycles. The first kappa shape index (κ1) is 13.6. The average molecular weight is 244 g/mol. The molecule has 0 radical (unpaired) electrons. The Bertz CT molecular complexity index is 414. The van der Waals surface area contributed by atoms with Gasteiger partial charge in [0, 0.05) is 12.0 Å². The molecule has 0 aliphatic carbocycles. The molecule has 0 aromatic heterocycles. The van der Waals surface area contributed by atoms with Crippen LogP contribution < -0.4 is 4.74 Å². The number of carbonyl (C=O) groups is 1. The Morgan fingerprint density at radius 2 is 2.06 bits per heavy atom. The van der Waals surface area contributed by atoms with E-state index in [1.165, 1.54) is 7.11 Å². The maximum absolute atomic E-state index is 13.6. The van der Waals surface area contributed by atoms with Crippen molar-refractivity contribution in [2.75, 3.05) is 13.7 Å². The standard InChI is InChI=1S/C12H14F2O3/c1-3-7(6-15)12(16)8-4-10(14)11(17-2)5-9(8)13/h4-5,7,15H,3,6H2,1-2H3. The van der Waals surface area contributed by atoms with Crippen molar-refractivity contribution in [3.8, 4) is 5.75 Å². The van der Waals surface area contributed by atoms with Crippen LogP contribution in [0.15, 0.2) is 12.1 Å². The molecule has 1 N–H and O–H groups in total. The summed E-state index contributed by atoms with van der Waals surface area (Å²) in [6.07, 6.45) is 0.364. The molecule has 5 heteroatoms. The Morgan fingerprint density at radius 3 is 2.53 bits per heavy atom. The second-order valence-electron chi connectivity index (χ2n) is 3.62. The smallest absolute Gasteiger partial charge is 0.171 e. The fourth-order valence-corrected chi connectivity index (χ4v) is 1.49. The first-order chi connectivity index (χ1) is 8.04. The van der Waals surface area contributed by atoms with E-state index >= 15 is 0 Å². The van der Waals surface area contributed by atoms with Gasteiger partial charge in [-0.3, -0.25) is 4.79 Å². The lowest BCUT2D eigenvalue weighted by molar-refractivity contribution is 0.0851. The molecule has 17 heavy (non-hydrogen) atoms. The van der Waals surface area contributed by atoms with Crippen LogP contribution in [0.1, 0.15) is 23.7 Å². The average Bonchev–Trinajstić information content (AvgIpc) is 2.32. The van der Waals surface area contributed by atoms with E-state index in [9.17, 15) is 13.6 Å². The quantitative estimate of drug-likeness (QED) is 0.807. The third kappa shape index (κ3) is 2.79. The number of aliphatic hydroxyl groups excluding tert-OH is 1. The van der Waals surface area contributed by atoms with Gasteiger partial charge in [-0.15, -0.1) is 0 Å². The summed E-state index contributed by atoms with van der Waals surface area (Å²) in [5.41, 5.74) is -0.357. The normalized spacial score (nSPS) is 12.3. The third-order valence-corrected chi connectivity index (χ3v) is 2.59. The van der Waals surface area contributed by atoms with Gasteiger partial charge in [0.15, 0.2) is 17.3 Å². The topological polar surface area (TPSA) is 46.5 Å². The van der Waals surface area contributed by atoms with Crippen molar-refractivity contribution in [1.29, 1.82) is 0 Å². The van der Waals surface area contributed by atoms with Crippen molar-refractivity contribution in [2.24, 2.45) is 5.92 Å². The number of aliphatic hydroxyl groups is 1. The van der Waals surface area contributed by atoms with Gasteiger partial charge in [-0.1, -0.05) is 6.92 Å². The molecule has 0 saturated carbocycles. The molecule has 1 unspecified atom stereocenters. The SMILES string of the molecule is CCC(CO)C(=O)c1cc(F)c(OC)cc1F. The molecule has 0 amide bonds. The molecule has 1 aromatic rings. The lowest BCUT2D eigenvalue weighted by atomic mass is 9.95. The Morgan fingerprint density at radius 1 is 1.41 bits per heavy atom. The first-order valence-corrected chi connectivity index (χ1v) is 5.23. The molecule has 0 saturated heterocycles. The van der Waals surface area contributed by atoms with Gasteiger partial charge < -0.3 is 9.84 Å². The minimum absolute atomic E-state index is 0.254. The number of benzene rings is 1. The van der Waals surface area contributed by atoms with Crippen LogP contribution in [0.5, 0.6) is 5.75 Å². The summed E-state index contributed by atoms with van der Waals surface area (Å²) in [5.74, 6) is -3.22. The van der Waals surface area contributed by atoms with E-state index in [2.05, 4.69) is 4.74 Å². The highest BCUT2D eigenvalue weighted by atomic mass is 19.1. The maximum Gasteiger partial charge on any atom is 0.171 e. The molecule has 1 rings (SSSR count). The predicted octanol–water partition coefficient (Wildman–Crippen LogP) is 2.17. The zero-order valence-corrected chi connectivity index (χ0v) is 9.67. The van der Waals surface area contributed by atoms with Crippen molar-refractivity contribution >= 4 is 5.78 Å². The van der Waals surface area contributed by atoms with Crippen LogP contribution in [0.3, 0.4) is 0 Å². The van der Waals surface area contributed by atoms with Crippen LogP contribution in [0, 0.1) is 17.6 Å². The van der Waals surface area contributed by atoms with E-state index in [0.717, 1.165) is 12.1 Å². The fraction of sp³-hybridized carbons (Fsp3) is 0.417. The third-order valence-electron chi connectivity index (χ3n) is 2.59. The zero-order chi connectivity index (χ0) is 13.0. The van der Waals surface area contributed by atoms with E-state index in [4.69, 9.17) is 5.11 Å². The van der Waals surface area contributed by atoms with Gasteiger partial charge in [-0.05, 0) is 12.5 Å². The second-order valence-corrected chi connectivity index (χ2v) is 3.62. The van der Waals surface area contributed by atoms with Crippen LogP contribution in [0.2, 0.25) is 0 Å². The molecule has 1 aromatic carbocycles. The Hall–Kier alpha value is -1.49. The highest BCUT2D eigenvalue weighted by Crippen LogP contribution is 2.23. The molecular weight excluding hydrogens is 230 g/mol. The van der Waals surface area contributed by atoms with Crippen molar-refractivity contribution in [2.45, 2.75) is 13.3 Å². The van der Waals surface area contributed by atoms with Gasteiger partial charge in [0.1, 0.15) is 5.82 Å². The number of hydrogen-bond donors (Lipinski definition) is 1. The molecule has 0 bridgehead atoms. The number of methoxy groups -OCH3 is 1. The Labute approximate surface area is 98.0 Å². The summed E-state index contributed by atoms with van der Waals surface area (Å²) in [7, 11) is 1.21. The molecule has 0 aliphatic rings. The molecule has 0 spiro atoms. The lowest BCUT2D eigenvalue weighted by Crippen LogP contribution is -2.19. The molecule has 0 heterocycles. The summed E-state index contributed by atoms with van der Waals surface area (Å²) >= 11 is 0. The van der Waals surface area contributed by atoms with E-state index in [-0.39, 0.29) is 17.9 Å². The van der Waals surface area contributed by atoms with Gasteiger partial charge in [0.05, 0.1) is 19.3 Å². The molecule has 94 valence electrons. The number of halogens is 2. The van der Waals surface area contributed by atoms with Gasteiger partial charge in [0.2, 0.25) is 0 Å². The van der Waals surface area contributed by atoms with Crippen LogP contribution in [-0.4, -0.2) is 24.6 Å². The van der Waals surface area contributed by atoms with Crippen molar-refractivity contribution in [3.63, 3.8) is 0 Å². The van der Waals surface area contributed by atoms with E-state index < -0.39 is 23.3 Å². The van der Waals surface area contributed by atoms with Gasteiger partial charge in [0.25, 0.3) is 0 Å². The minimum atomic E-state index is -0.847. The van der Waals surface area contributed by atoms with E-state index in [1.807, 2.05) is 0 Å². The Balaban J connectivity index is 3.14. The highest BCUT2D eigenvalue weighted by Gasteiger charge is 2.22. The van der Waals surface area contributed by atoms with Gasteiger partial charge in [-0.2, -0.15) is 0 Å². The number of Topliss-reactive ketones (excluding diaryl/α,β-unsaturated/α-hetero) is 1. The van der Waals surface area contributed by atoms with Crippen molar-refractivity contribution < 1.29 is 23.4 Å². The minimum Gasteiger partial charge on any atom is -0.494 e. The van der Waals surface area contributed by atoms with E-state index in [1.54, 1.807) is 6.92 Å². The highest BCUT2D eigenvalue weighted by molar-refractivity contribution is 5.98. The zero-order valence-electron chi connectivity index (χ0n) is 9.67. The summed E-state index contributed by atoms with van der Waals surface area (Å²) in [5, 5.41) is 8.96. The van der Waals surface area contributed by atoms with E-state index in [0.29, 0.717) is 6.42 Å². The summed E-state index contributed by atoms with van der Waals surface area (Å²) in [6, 6.07) is 1.63. The fourth-order valence-electron chi connectivity index (χ4n) is 1.49. The molecule has 0 fully saturated rings. The molecule has 3 nitrogen and oxygen atoms in total. The Kier molecular flexibility index (Phi) is 4.57. The van der Waals surface area contributed by atoms with Gasteiger partial charge in [-0.25, -0.2) is 8.78 Å². The maximum atomic E-state index is 13.6. The van der Waals surface area contributed by atoms with Crippen LogP contribution >= 0.6 is 0 Å². The van der Waals surface area contributed by atoms with Crippen molar-refractivity contribution in [3.05, 3.63) is 29.3 Å². The molecule has 1 atom stereocenters. The van der Waals surface area contributed by atoms with Crippen LogP contribution in [0.25, 0.3) is 0 Å². The first-order valence-electron chi connectivity index (χ1n) is 5.23. The summed E-state index contributed by atoms with van der Waals surface area (Å²) in [6.45, 7) is 1.30. The second kappa shape index (κ2) is 5.72. The number of hydrogen-bond acceptors (Lipinski definition) is 3. The lowest BCUT2D eigenvalue weighted by Gasteiger charge is -2.12. The van der Waals surface area contributed by atoms with Gasteiger partial charge >= 0.3 is 0 Å². The largest absolute Gasteiger partial charge is 0.494 e. The predicted molar refractivity (Wildman–Crippen MR) is 58.1 cm³/mol. The number of ether oxygens (including phenoxy) is 1. The number of ketones is 1. The van der Waals surface area contributed by atoms with Crippen molar-refractivity contribution in [1.82, 2.24) is 0 Å². The monoisotopic (exact) mass is 244 g/mol.